The first kappa shape index (κ1) is 15.1. The molecule has 0 aliphatic carbocycles. The molecule has 0 amide bonds. The maximum atomic E-state index is 12.5. The largest absolute Gasteiger partial charge is 0.494 e. The number of benzene rings is 2. The summed E-state index contributed by atoms with van der Waals surface area (Å²) < 4.78 is 5.33. The molecular weight excluding hydrogens is 286 g/mol. The minimum absolute atomic E-state index is 0.247. The van der Waals surface area contributed by atoms with Gasteiger partial charge in [0.1, 0.15) is 11.7 Å². The SMILES string of the molecule is CCOc1ccc(C(=O)C(C#N)c2cccc(Cl)c2)cc1. The molecule has 106 valence electrons. The zero-order chi connectivity index (χ0) is 15.2. The number of hydrogen-bond acceptors (Lipinski definition) is 3. The lowest BCUT2D eigenvalue weighted by Gasteiger charge is -2.10. The Balaban J connectivity index is 2.26. The number of nitriles is 1. The molecule has 1 unspecified atom stereocenters. The molecule has 0 spiro atoms. The van der Waals surface area contributed by atoms with Crippen molar-refractivity contribution in [3.8, 4) is 11.8 Å². The molecule has 2 aromatic carbocycles. The molecule has 2 rings (SSSR count). The number of ketones is 1. The second-order valence-corrected chi connectivity index (χ2v) is 4.88. The summed E-state index contributed by atoms with van der Waals surface area (Å²) in [4.78, 5) is 12.5. The van der Waals surface area contributed by atoms with Crippen LogP contribution in [0, 0.1) is 11.3 Å². The average Bonchev–Trinajstić information content (AvgIpc) is 2.49. The zero-order valence-electron chi connectivity index (χ0n) is 11.5. The van der Waals surface area contributed by atoms with Gasteiger partial charge in [0, 0.05) is 10.6 Å². The van der Waals surface area contributed by atoms with E-state index in [0.717, 1.165) is 0 Å². The number of nitrogens with zero attached hydrogens (tertiary/aromatic N) is 1. The van der Waals surface area contributed by atoms with Crippen molar-refractivity contribution < 1.29 is 9.53 Å². The molecule has 3 nitrogen and oxygen atoms in total. The Labute approximate surface area is 128 Å². The van der Waals surface area contributed by atoms with E-state index in [1.165, 1.54) is 0 Å². The van der Waals surface area contributed by atoms with Crippen LogP contribution in [0.1, 0.15) is 28.8 Å². The van der Waals surface area contributed by atoms with Gasteiger partial charge in [-0.05, 0) is 48.9 Å². The van der Waals surface area contributed by atoms with E-state index in [0.29, 0.717) is 28.5 Å². The fourth-order valence-electron chi connectivity index (χ4n) is 2.02. The van der Waals surface area contributed by atoms with Crippen LogP contribution in [-0.2, 0) is 0 Å². The fraction of sp³-hybridized carbons (Fsp3) is 0.176. The molecule has 0 bridgehead atoms. The minimum Gasteiger partial charge on any atom is -0.494 e. The van der Waals surface area contributed by atoms with Gasteiger partial charge in [0.05, 0.1) is 12.7 Å². The first-order chi connectivity index (χ1) is 10.2. The highest BCUT2D eigenvalue weighted by Gasteiger charge is 2.21. The highest BCUT2D eigenvalue weighted by molar-refractivity contribution is 6.30. The molecule has 21 heavy (non-hydrogen) atoms. The highest BCUT2D eigenvalue weighted by atomic mass is 35.5. The average molecular weight is 300 g/mol. The van der Waals surface area contributed by atoms with E-state index in [-0.39, 0.29) is 5.78 Å². The lowest BCUT2D eigenvalue weighted by molar-refractivity contribution is 0.0979. The number of hydrogen-bond donors (Lipinski definition) is 0. The molecule has 0 aliphatic heterocycles. The number of rotatable bonds is 5. The molecule has 0 fully saturated rings. The molecule has 0 saturated carbocycles. The predicted octanol–water partition coefficient (Wildman–Crippen LogP) is 4.23. The summed E-state index contributed by atoms with van der Waals surface area (Å²) in [5.41, 5.74) is 1.08. The van der Waals surface area contributed by atoms with Crippen molar-refractivity contribution in [3.63, 3.8) is 0 Å². The number of carbonyl (C=O) groups is 1. The van der Waals surface area contributed by atoms with Crippen molar-refractivity contribution in [2.24, 2.45) is 0 Å². The second-order valence-electron chi connectivity index (χ2n) is 4.44. The maximum Gasteiger partial charge on any atom is 0.184 e. The first-order valence-corrected chi connectivity index (χ1v) is 6.95. The molecule has 1 atom stereocenters. The van der Waals surface area contributed by atoms with Crippen LogP contribution < -0.4 is 4.74 Å². The summed E-state index contributed by atoms with van der Waals surface area (Å²) in [6.07, 6.45) is 0. The van der Waals surface area contributed by atoms with E-state index in [1.54, 1.807) is 48.5 Å². The van der Waals surface area contributed by atoms with E-state index in [2.05, 4.69) is 0 Å². The van der Waals surface area contributed by atoms with Crippen molar-refractivity contribution in [2.75, 3.05) is 6.61 Å². The van der Waals surface area contributed by atoms with Gasteiger partial charge in [-0.2, -0.15) is 5.26 Å². The molecule has 0 saturated heterocycles. The Bertz CT molecular complexity index is 674. The third kappa shape index (κ3) is 3.62. The lowest BCUT2D eigenvalue weighted by Crippen LogP contribution is -2.11. The number of Topliss-reactive ketones (excluding diaryl/α,β-unsaturated/α-hetero) is 1. The normalized spacial score (nSPS) is 11.5. The Morgan fingerprint density at radius 2 is 2.00 bits per heavy atom. The quantitative estimate of drug-likeness (QED) is 0.776. The molecule has 2 aromatic rings. The van der Waals surface area contributed by atoms with Gasteiger partial charge in [0.15, 0.2) is 5.78 Å². The minimum atomic E-state index is -0.860. The summed E-state index contributed by atoms with van der Waals surface area (Å²) in [6.45, 7) is 2.46. The third-order valence-corrected chi connectivity index (χ3v) is 3.26. The van der Waals surface area contributed by atoms with E-state index in [9.17, 15) is 10.1 Å². The molecule has 0 aliphatic rings. The molecular formula is C17H14ClNO2. The van der Waals surface area contributed by atoms with Crippen molar-refractivity contribution >= 4 is 17.4 Å². The summed E-state index contributed by atoms with van der Waals surface area (Å²) >= 11 is 5.91. The van der Waals surface area contributed by atoms with Crippen LogP contribution in [0.3, 0.4) is 0 Å². The Morgan fingerprint density at radius 3 is 2.57 bits per heavy atom. The lowest BCUT2D eigenvalue weighted by atomic mass is 9.92. The second kappa shape index (κ2) is 6.92. The van der Waals surface area contributed by atoms with Crippen molar-refractivity contribution in [1.82, 2.24) is 0 Å². The zero-order valence-corrected chi connectivity index (χ0v) is 12.3. The number of ether oxygens (including phenoxy) is 1. The smallest absolute Gasteiger partial charge is 0.184 e. The monoisotopic (exact) mass is 299 g/mol. The fourth-order valence-corrected chi connectivity index (χ4v) is 2.22. The third-order valence-electron chi connectivity index (χ3n) is 3.02. The Kier molecular flexibility index (Phi) is 4.97. The predicted molar refractivity (Wildman–Crippen MR) is 81.7 cm³/mol. The van der Waals surface area contributed by atoms with Crippen molar-refractivity contribution in [1.29, 1.82) is 5.26 Å². The highest BCUT2D eigenvalue weighted by Crippen LogP contribution is 2.24. The Hall–Kier alpha value is -2.31. The van der Waals surface area contributed by atoms with Crippen molar-refractivity contribution in [2.45, 2.75) is 12.8 Å². The van der Waals surface area contributed by atoms with Crippen LogP contribution in [0.15, 0.2) is 48.5 Å². The van der Waals surface area contributed by atoms with E-state index in [4.69, 9.17) is 16.3 Å². The molecule has 0 N–H and O–H groups in total. The maximum absolute atomic E-state index is 12.5. The van der Waals surface area contributed by atoms with Crippen LogP contribution in [0.2, 0.25) is 5.02 Å². The van der Waals surface area contributed by atoms with Gasteiger partial charge in [0.25, 0.3) is 0 Å². The van der Waals surface area contributed by atoms with Gasteiger partial charge < -0.3 is 4.74 Å². The van der Waals surface area contributed by atoms with Crippen LogP contribution in [0.4, 0.5) is 0 Å². The van der Waals surface area contributed by atoms with E-state index in [1.807, 2.05) is 13.0 Å². The number of halogens is 1. The summed E-state index contributed by atoms with van der Waals surface area (Å²) in [7, 11) is 0. The summed E-state index contributed by atoms with van der Waals surface area (Å²) in [6, 6.07) is 15.6. The van der Waals surface area contributed by atoms with Gasteiger partial charge in [-0.15, -0.1) is 0 Å². The van der Waals surface area contributed by atoms with Crippen LogP contribution in [0.25, 0.3) is 0 Å². The Morgan fingerprint density at radius 1 is 1.29 bits per heavy atom. The van der Waals surface area contributed by atoms with Gasteiger partial charge in [0.2, 0.25) is 0 Å². The summed E-state index contributed by atoms with van der Waals surface area (Å²) in [5.74, 6) is -0.408. The number of carbonyl (C=O) groups excluding carboxylic acids is 1. The topological polar surface area (TPSA) is 50.1 Å². The van der Waals surface area contributed by atoms with Gasteiger partial charge >= 0.3 is 0 Å². The van der Waals surface area contributed by atoms with Gasteiger partial charge in [-0.3, -0.25) is 4.79 Å². The molecule has 0 heterocycles. The van der Waals surface area contributed by atoms with E-state index < -0.39 is 5.92 Å². The first-order valence-electron chi connectivity index (χ1n) is 6.58. The van der Waals surface area contributed by atoms with E-state index >= 15 is 0 Å². The molecule has 4 heteroatoms. The molecule has 0 radical (unpaired) electrons. The van der Waals surface area contributed by atoms with Crippen LogP contribution in [0.5, 0.6) is 5.75 Å². The molecule has 0 aromatic heterocycles. The van der Waals surface area contributed by atoms with Gasteiger partial charge in [-0.25, -0.2) is 0 Å². The van der Waals surface area contributed by atoms with Crippen LogP contribution in [-0.4, -0.2) is 12.4 Å². The van der Waals surface area contributed by atoms with Crippen LogP contribution >= 0.6 is 11.6 Å². The van der Waals surface area contributed by atoms with Crippen molar-refractivity contribution in [3.05, 3.63) is 64.7 Å². The summed E-state index contributed by atoms with van der Waals surface area (Å²) in [5, 5.41) is 9.81. The van der Waals surface area contributed by atoms with Gasteiger partial charge in [-0.1, -0.05) is 23.7 Å². The standard InChI is InChI=1S/C17H14ClNO2/c1-2-21-15-8-6-12(7-9-15)17(20)16(11-19)13-4-3-5-14(18)10-13/h3-10,16H,2H2,1H3.